The fourth-order valence-electron chi connectivity index (χ4n) is 2.52. The molecule has 0 aliphatic carbocycles. The summed E-state index contributed by atoms with van der Waals surface area (Å²) in [7, 11) is 1.62. The Morgan fingerprint density at radius 3 is 2.56 bits per heavy atom. The molecule has 0 bridgehead atoms. The van der Waals surface area contributed by atoms with E-state index in [1.165, 1.54) is 0 Å². The van der Waals surface area contributed by atoms with Crippen molar-refractivity contribution in [3.8, 4) is 11.5 Å². The van der Waals surface area contributed by atoms with Gasteiger partial charge in [-0.25, -0.2) is 0 Å². The van der Waals surface area contributed by atoms with Crippen LogP contribution in [0.15, 0.2) is 36.4 Å². The summed E-state index contributed by atoms with van der Waals surface area (Å²) in [5.41, 5.74) is 1.85. The smallest absolute Gasteiger partial charge is 0.166 e. The van der Waals surface area contributed by atoms with Crippen molar-refractivity contribution in [2.24, 2.45) is 0 Å². The van der Waals surface area contributed by atoms with E-state index in [2.05, 4.69) is 10.6 Å². The third kappa shape index (κ3) is 7.20. The van der Waals surface area contributed by atoms with E-state index in [0.29, 0.717) is 41.2 Å². The minimum absolute atomic E-state index is 0.319. The molecule has 148 valence electrons. The summed E-state index contributed by atoms with van der Waals surface area (Å²) in [5.74, 6) is 1.36. The first-order valence-corrected chi connectivity index (χ1v) is 9.59. The molecule has 0 amide bonds. The molecule has 27 heavy (non-hydrogen) atoms. The van der Waals surface area contributed by atoms with Gasteiger partial charge in [0.05, 0.1) is 13.2 Å². The molecule has 0 aliphatic rings. The van der Waals surface area contributed by atoms with Gasteiger partial charge in [-0.15, -0.1) is 0 Å². The summed E-state index contributed by atoms with van der Waals surface area (Å²) in [5, 5.41) is 16.9. The minimum Gasteiger partial charge on any atom is -0.493 e. The van der Waals surface area contributed by atoms with E-state index in [4.69, 9.17) is 32.7 Å². The Hall–Kier alpha value is -1.50. The van der Waals surface area contributed by atoms with Crippen LogP contribution in [0.25, 0.3) is 0 Å². The Balaban J connectivity index is 1.97. The van der Waals surface area contributed by atoms with E-state index in [1.54, 1.807) is 26.2 Å². The van der Waals surface area contributed by atoms with Crippen LogP contribution in [0, 0.1) is 0 Å². The molecule has 2 aromatic rings. The highest BCUT2D eigenvalue weighted by molar-refractivity contribution is 6.35. The highest BCUT2D eigenvalue weighted by Crippen LogP contribution is 2.32. The van der Waals surface area contributed by atoms with Gasteiger partial charge in [0.1, 0.15) is 6.61 Å². The van der Waals surface area contributed by atoms with E-state index in [1.807, 2.05) is 24.3 Å². The number of halogens is 2. The lowest BCUT2D eigenvalue weighted by molar-refractivity contribution is 0.191. The van der Waals surface area contributed by atoms with Gasteiger partial charge in [0, 0.05) is 47.4 Å². The summed E-state index contributed by atoms with van der Waals surface area (Å²) in [4.78, 5) is 0. The maximum Gasteiger partial charge on any atom is 0.166 e. The molecule has 0 heterocycles. The lowest BCUT2D eigenvalue weighted by atomic mass is 10.1. The summed E-state index contributed by atoms with van der Waals surface area (Å²) >= 11 is 12.2. The van der Waals surface area contributed by atoms with E-state index in [-0.39, 0.29) is 6.10 Å². The van der Waals surface area contributed by atoms with Crippen LogP contribution < -0.4 is 20.1 Å². The number of para-hydroxylation sites is 1. The first-order chi connectivity index (χ1) is 13.0. The van der Waals surface area contributed by atoms with Crippen molar-refractivity contribution in [2.45, 2.75) is 26.2 Å². The molecule has 0 aromatic heterocycles. The van der Waals surface area contributed by atoms with Gasteiger partial charge in [0.15, 0.2) is 11.5 Å². The Morgan fingerprint density at radius 2 is 1.85 bits per heavy atom. The fraction of sp³-hybridized carbons (Fsp3) is 0.400. The van der Waals surface area contributed by atoms with Crippen molar-refractivity contribution < 1.29 is 14.6 Å². The van der Waals surface area contributed by atoms with Crippen molar-refractivity contribution in [3.63, 3.8) is 0 Å². The highest BCUT2D eigenvalue weighted by Gasteiger charge is 2.12. The predicted octanol–water partition coefficient (Wildman–Crippen LogP) is 3.64. The summed E-state index contributed by atoms with van der Waals surface area (Å²) in [6.45, 7) is 4.83. The molecule has 0 radical (unpaired) electrons. The van der Waals surface area contributed by atoms with Gasteiger partial charge in [0.25, 0.3) is 0 Å². The van der Waals surface area contributed by atoms with E-state index in [0.717, 1.165) is 24.2 Å². The van der Waals surface area contributed by atoms with E-state index in [9.17, 15) is 5.11 Å². The van der Waals surface area contributed by atoms with Crippen LogP contribution in [-0.4, -0.2) is 38.0 Å². The normalized spacial score (nSPS) is 12.0. The first-order valence-electron chi connectivity index (χ1n) is 8.83. The van der Waals surface area contributed by atoms with Crippen molar-refractivity contribution in [2.75, 3.05) is 26.7 Å². The van der Waals surface area contributed by atoms with E-state index >= 15 is 0 Å². The number of nitrogens with one attached hydrogen (secondary N) is 2. The molecule has 0 saturated carbocycles. The molecular formula is C20H26Cl2N2O3. The van der Waals surface area contributed by atoms with Crippen LogP contribution in [0.3, 0.4) is 0 Å². The molecule has 0 unspecified atom stereocenters. The zero-order chi connectivity index (χ0) is 19.6. The van der Waals surface area contributed by atoms with Gasteiger partial charge < -0.3 is 25.2 Å². The Morgan fingerprint density at radius 1 is 1.07 bits per heavy atom. The molecule has 0 saturated heterocycles. The van der Waals surface area contributed by atoms with Crippen LogP contribution in [0.4, 0.5) is 0 Å². The van der Waals surface area contributed by atoms with Gasteiger partial charge in [-0.2, -0.15) is 0 Å². The Bertz CT molecular complexity index is 726. The summed E-state index contributed by atoms with van der Waals surface area (Å²) in [6.07, 6.45) is -0.344. The molecular weight excluding hydrogens is 387 g/mol. The van der Waals surface area contributed by atoms with Crippen molar-refractivity contribution >= 4 is 23.2 Å². The fourth-order valence-corrected chi connectivity index (χ4v) is 2.99. The second kappa shape index (κ2) is 11.4. The van der Waals surface area contributed by atoms with Crippen LogP contribution in [0.1, 0.15) is 18.1 Å². The number of aliphatic hydroxyl groups excluding tert-OH is 1. The Labute approximate surface area is 170 Å². The lowest BCUT2D eigenvalue weighted by Crippen LogP contribution is -2.31. The number of aliphatic hydroxyl groups is 1. The van der Waals surface area contributed by atoms with Crippen LogP contribution in [0.2, 0.25) is 10.0 Å². The average molecular weight is 413 g/mol. The highest BCUT2D eigenvalue weighted by atomic mass is 35.5. The topological polar surface area (TPSA) is 62.8 Å². The quantitative estimate of drug-likeness (QED) is 0.491. The number of hydrogen-bond donors (Lipinski definition) is 3. The maximum atomic E-state index is 9.24. The van der Waals surface area contributed by atoms with E-state index < -0.39 is 0 Å². The molecule has 0 fully saturated rings. The predicted molar refractivity (Wildman–Crippen MR) is 110 cm³/mol. The Kier molecular flexibility index (Phi) is 9.18. The third-order valence-corrected chi connectivity index (χ3v) is 4.49. The average Bonchev–Trinajstić information content (AvgIpc) is 2.64. The molecule has 2 aromatic carbocycles. The van der Waals surface area contributed by atoms with Gasteiger partial charge in [0.2, 0.25) is 0 Å². The molecule has 1 atom stereocenters. The zero-order valence-electron chi connectivity index (χ0n) is 15.6. The number of hydrogen-bond acceptors (Lipinski definition) is 5. The van der Waals surface area contributed by atoms with Crippen LogP contribution in [0.5, 0.6) is 11.5 Å². The largest absolute Gasteiger partial charge is 0.493 e. The summed E-state index contributed by atoms with van der Waals surface area (Å²) < 4.78 is 11.5. The van der Waals surface area contributed by atoms with Gasteiger partial charge >= 0.3 is 0 Å². The minimum atomic E-state index is -0.344. The molecule has 5 nitrogen and oxygen atoms in total. The molecule has 0 aliphatic heterocycles. The second-order valence-electron chi connectivity index (χ2n) is 6.20. The number of rotatable bonds is 11. The molecule has 0 spiro atoms. The second-order valence-corrected chi connectivity index (χ2v) is 7.05. The van der Waals surface area contributed by atoms with Crippen molar-refractivity contribution in [1.29, 1.82) is 0 Å². The molecule has 2 rings (SSSR count). The number of benzene rings is 2. The SMILES string of the molecule is COc1cccc(CNCCNC[C@H](C)O)c1OCc1ccc(Cl)cc1Cl. The lowest BCUT2D eigenvalue weighted by Gasteiger charge is -2.16. The van der Waals surface area contributed by atoms with Gasteiger partial charge in [-0.1, -0.05) is 41.4 Å². The molecule has 7 heteroatoms. The first kappa shape index (κ1) is 21.8. The standard InChI is InChI=1S/C20H26Cl2N2O3/c1-14(25)11-23-8-9-24-12-15-4-3-5-19(26-2)20(15)27-13-16-6-7-17(21)10-18(16)22/h3-7,10,14,23-25H,8-9,11-13H2,1-2H3/t14-/m0/s1. The maximum absolute atomic E-state index is 9.24. The summed E-state index contributed by atoms with van der Waals surface area (Å²) in [6, 6.07) is 11.1. The number of ether oxygens (including phenoxy) is 2. The van der Waals surface area contributed by atoms with Gasteiger partial charge in [-0.3, -0.25) is 0 Å². The van der Waals surface area contributed by atoms with Crippen LogP contribution >= 0.6 is 23.2 Å². The van der Waals surface area contributed by atoms with Crippen molar-refractivity contribution in [1.82, 2.24) is 10.6 Å². The van der Waals surface area contributed by atoms with Gasteiger partial charge in [-0.05, 0) is 25.1 Å². The third-order valence-electron chi connectivity index (χ3n) is 3.90. The van der Waals surface area contributed by atoms with Crippen molar-refractivity contribution in [3.05, 3.63) is 57.6 Å². The zero-order valence-corrected chi connectivity index (χ0v) is 17.1. The number of methoxy groups -OCH3 is 1. The monoisotopic (exact) mass is 412 g/mol. The van der Waals surface area contributed by atoms with Crippen LogP contribution in [-0.2, 0) is 13.2 Å². The molecule has 3 N–H and O–H groups in total.